The fourth-order valence-electron chi connectivity index (χ4n) is 3.71. The monoisotopic (exact) mass is 360 g/mol. The molecule has 4 rings (SSSR count). The van der Waals surface area contributed by atoms with Crippen LogP contribution < -0.4 is 4.72 Å². The lowest BCUT2D eigenvalue weighted by molar-refractivity contribution is -0.129. The first-order chi connectivity index (χ1) is 11.8. The van der Waals surface area contributed by atoms with E-state index in [2.05, 4.69) is 9.82 Å². The molecule has 0 saturated carbocycles. The minimum Gasteiger partial charge on any atom is -0.334 e. The molecule has 7 nitrogen and oxygen atoms in total. The fraction of sp³-hybridized carbons (Fsp3) is 0.412. The molecule has 1 aromatic carbocycles. The van der Waals surface area contributed by atoms with Crippen molar-refractivity contribution in [3.63, 3.8) is 0 Å². The molecule has 2 heterocycles. The predicted molar refractivity (Wildman–Crippen MR) is 92.4 cm³/mol. The van der Waals surface area contributed by atoms with Crippen molar-refractivity contribution in [1.82, 2.24) is 14.7 Å². The molecular weight excluding hydrogens is 340 g/mol. The van der Waals surface area contributed by atoms with Gasteiger partial charge in [-0.15, -0.1) is 0 Å². The molecule has 0 atom stereocenters. The van der Waals surface area contributed by atoms with Gasteiger partial charge in [0.1, 0.15) is 0 Å². The molecule has 2 aromatic rings. The van der Waals surface area contributed by atoms with E-state index in [0.717, 1.165) is 41.6 Å². The number of nitrogens with one attached hydrogen (secondary N) is 1. The Kier molecular flexibility index (Phi) is 3.61. The van der Waals surface area contributed by atoms with Crippen molar-refractivity contribution in [2.24, 2.45) is 7.05 Å². The molecule has 2 aliphatic rings. The first-order valence-corrected chi connectivity index (χ1v) is 9.78. The molecule has 1 aliphatic heterocycles. The number of rotatable bonds is 3. The summed E-state index contributed by atoms with van der Waals surface area (Å²) in [4.78, 5) is 13.3. The van der Waals surface area contributed by atoms with Crippen molar-refractivity contribution >= 4 is 21.6 Å². The zero-order chi connectivity index (χ0) is 17.8. The van der Waals surface area contributed by atoms with Gasteiger partial charge in [0, 0.05) is 38.3 Å². The van der Waals surface area contributed by atoms with Crippen molar-refractivity contribution in [2.45, 2.75) is 44.3 Å². The van der Waals surface area contributed by atoms with Gasteiger partial charge in [0.2, 0.25) is 5.91 Å². The molecule has 0 radical (unpaired) electrons. The van der Waals surface area contributed by atoms with Crippen LogP contribution in [-0.2, 0) is 47.8 Å². The summed E-state index contributed by atoms with van der Waals surface area (Å²) >= 11 is 0. The highest BCUT2D eigenvalue weighted by Crippen LogP contribution is 2.30. The van der Waals surface area contributed by atoms with Crippen molar-refractivity contribution in [2.75, 3.05) is 4.72 Å². The Morgan fingerprint density at radius 2 is 1.96 bits per heavy atom. The summed E-state index contributed by atoms with van der Waals surface area (Å²) in [6, 6.07) is 5.44. The Labute approximate surface area is 146 Å². The largest absolute Gasteiger partial charge is 0.334 e. The van der Waals surface area contributed by atoms with Gasteiger partial charge in [-0.1, -0.05) is 6.07 Å². The van der Waals surface area contributed by atoms with Gasteiger partial charge in [-0.25, -0.2) is 0 Å². The van der Waals surface area contributed by atoms with Crippen LogP contribution in [0.5, 0.6) is 0 Å². The van der Waals surface area contributed by atoms with E-state index in [1.54, 1.807) is 24.9 Å². The number of hydrogen-bond acceptors (Lipinski definition) is 4. The summed E-state index contributed by atoms with van der Waals surface area (Å²) in [5.74, 6) is 0.0174. The van der Waals surface area contributed by atoms with Crippen LogP contribution in [0.1, 0.15) is 35.7 Å². The average Bonchev–Trinajstić information content (AvgIpc) is 3.19. The van der Waals surface area contributed by atoms with Crippen molar-refractivity contribution in [3.8, 4) is 0 Å². The second-order valence-corrected chi connectivity index (χ2v) is 8.27. The number of hydrogen-bond donors (Lipinski definition) is 1. The van der Waals surface area contributed by atoms with E-state index in [1.807, 2.05) is 12.1 Å². The topological polar surface area (TPSA) is 84.3 Å². The Bertz CT molecular complexity index is 978. The minimum atomic E-state index is -3.70. The molecule has 132 valence electrons. The number of aromatic nitrogens is 2. The van der Waals surface area contributed by atoms with E-state index < -0.39 is 10.0 Å². The molecule has 1 aromatic heterocycles. The summed E-state index contributed by atoms with van der Waals surface area (Å²) in [5, 5.41) is 4.60. The highest BCUT2D eigenvalue weighted by Gasteiger charge is 2.30. The molecule has 25 heavy (non-hydrogen) atoms. The second-order valence-electron chi connectivity index (χ2n) is 6.67. The molecule has 1 amide bonds. The standard InChI is InChI=1S/C17H20N4O3S/c1-11(22)21-9-12-6-7-14(8-13(12)10-21)19-25(23,24)17-15-4-3-5-16(15)18-20(17)2/h6-8,19H,3-5,9-10H2,1-2H3. The molecule has 1 aliphatic carbocycles. The van der Waals surface area contributed by atoms with E-state index in [1.165, 1.54) is 4.68 Å². The first-order valence-electron chi connectivity index (χ1n) is 8.30. The molecule has 0 bridgehead atoms. The average molecular weight is 360 g/mol. The number of sulfonamides is 1. The number of benzene rings is 1. The Balaban J connectivity index is 1.63. The smallest absolute Gasteiger partial charge is 0.279 e. The van der Waals surface area contributed by atoms with E-state index in [9.17, 15) is 13.2 Å². The molecule has 0 spiro atoms. The Morgan fingerprint density at radius 3 is 2.72 bits per heavy atom. The molecule has 8 heteroatoms. The van der Waals surface area contributed by atoms with Gasteiger partial charge in [-0.05, 0) is 42.5 Å². The molecule has 0 fully saturated rings. The van der Waals surface area contributed by atoms with E-state index in [4.69, 9.17) is 0 Å². The number of fused-ring (bicyclic) bond motifs is 2. The van der Waals surface area contributed by atoms with Gasteiger partial charge >= 0.3 is 0 Å². The highest BCUT2D eigenvalue weighted by molar-refractivity contribution is 7.92. The number of carbonyl (C=O) groups excluding carboxylic acids is 1. The maximum absolute atomic E-state index is 12.9. The third-order valence-electron chi connectivity index (χ3n) is 4.89. The van der Waals surface area contributed by atoms with Gasteiger partial charge in [-0.2, -0.15) is 13.5 Å². The summed E-state index contributed by atoms with van der Waals surface area (Å²) in [6.07, 6.45) is 2.52. The maximum Gasteiger partial charge on any atom is 0.279 e. The molecule has 1 N–H and O–H groups in total. The first kappa shape index (κ1) is 16.1. The van der Waals surface area contributed by atoms with Crippen LogP contribution in [0, 0.1) is 0 Å². The van der Waals surface area contributed by atoms with Gasteiger partial charge in [0.25, 0.3) is 10.0 Å². The number of amides is 1. The van der Waals surface area contributed by atoms with Crippen LogP contribution >= 0.6 is 0 Å². The highest BCUT2D eigenvalue weighted by atomic mass is 32.2. The lowest BCUT2D eigenvalue weighted by Crippen LogP contribution is -2.21. The maximum atomic E-state index is 12.9. The van der Waals surface area contributed by atoms with Gasteiger partial charge < -0.3 is 4.90 Å². The minimum absolute atomic E-state index is 0.0174. The number of anilines is 1. The summed E-state index contributed by atoms with van der Waals surface area (Å²) < 4.78 is 29.9. The summed E-state index contributed by atoms with van der Waals surface area (Å²) in [5.41, 5.74) is 4.26. The zero-order valence-corrected chi connectivity index (χ0v) is 15.1. The normalized spacial score (nSPS) is 16.0. The number of nitrogens with zero attached hydrogens (tertiary/aromatic N) is 3. The lowest BCUT2D eigenvalue weighted by Gasteiger charge is -2.11. The zero-order valence-electron chi connectivity index (χ0n) is 14.2. The third kappa shape index (κ3) is 2.70. The van der Waals surface area contributed by atoms with Crippen LogP contribution in [-0.4, -0.2) is 29.0 Å². The van der Waals surface area contributed by atoms with Gasteiger partial charge in [-0.3, -0.25) is 14.2 Å². The van der Waals surface area contributed by atoms with Crippen molar-refractivity contribution in [3.05, 3.63) is 40.6 Å². The van der Waals surface area contributed by atoms with E-state index >= 15 is 0 Å². The molecule has 0 unspecified atom stereocenters. The summed E-state index contributed by atoms with van der Waals surface area (Å²) in [6.45, 7) is 2.63. The predicted octanol–water partition coefficient (Wildman–Crippen LogP) is 1.57. The van der Waals surface area contributed by atoms with Crippen LogP contribution in [0.4, 0.5) is 5.69 Å². The van der Waals surface area contributed by atoms with Crippen LogP contribution in [0.15, 0.2) is 23.2 Å². The second kappa shape index (κ2) is 5.59. The van der Waals surface area contributed by atoms with E-state index in [0.29, 0.717) is 18.8 Å². The Morgan fingerprint density at radius 1 is 1.20 bits per heavy atom. The van der Waals surface area contributed by atoms with Crippen LogP contribution in [0.25, 0.3) is 0 Å². The van der Waals surface area contributed by atoms with E-state index in [-0.39, 0.29) is 10.9 Å². The van der Waals surface area contributed by atoms with Gasteiger partial charge in [0.15, 0.2) is 5.03 Å². The lowest BCUT2D eigenvalue weighted by atomic mass is 10.1. The quantitative estimate of drug-likeness (QED) is 0.900. The fourth-order valence-corrected chi connectivity index (χ4v) is 5.18. The summed E-state index contributed by atoms with van der Waals surface area (Å²) in [7, 11) is -2.04. The Hall–Kier alpha value is -2.35. The third-order valence-corrected chi connectivity index (χ3v) is 6.42. The van der Waals surface area contributed by atoms with Crippen molar-refractivity contribution < 1.29 is 13.2 Å². The number of carbonyl (C=O) groups is 1. The van der Waals surface area contributed by atoms with Gasteiger partial charge in [0.05, 0.1) is 5.69 Å². The molecule has 0 saturated heterocycles. The van der Waals surface area contributed by atoms with Crippen LogP contribution in [0.2, 0.25) is 0 Å². The van der Waals surface area contributed by atoms with Crippen LogP contribution in [0.3, 0.4) is 0 Å². The molecular formula is C17H20N4O3S. The number of aryl methyl sites for hydroxylation is 2. The SMILES string of the molecule is CC(=O)N1Cc2ccc(NS(=O)(=O)c3c4c(nn3C)CCC4)cc2C1. The van der Waals surface area contributed by atoms with Crippen molar-refractivity contribution in [1.29, 1.82) is 0 Å².